The van der Waals surface area contributed by atoms with Gasteiger partial charge in [-0.15, -0.1) is 11.8 Å². The number of carbonyl (C=O) groups is 1. The first-order chi connectivity index (χ1) is 12.8. The van der Waals surface area contributed by atoms with Gasteiger partial charge in [0, 0.05) is 21.5 Å². The van der Waals surface area contributed by atoms with Crippen LogP contribution in [0.4, 0.5) is 18.9 Å². The molecule has 140 valence electrons. The third-order valence-corrected chi connectivity index (χ3v) is 5.24. The van der Waals surface area contributed by atoms with Crippen LogP contribution in [0.2, 0.25) is 5.02 Å². The fourth-order valence-electron chi connectivity index (χ4n) is 2.51. The zero-order valence-electron chi connectivity index (χ0n) is 14.0. The first-order valence-corrected chi connectivity index (χ1v) is 9.19. The zero-order valence-corrected chi connectivity index (χ0v) is 15.6. The highest BCUT2D eigenvalue weighted by molar-refractivity contribution is 8.00. The Morgan fingerprint density at radius 3 is 2.67 bits per heavy atom. The van der Waals surface area contributed by atoms with E-state index in [0.717, 1.165) is 27.9 Å². The molecule has 3 nitrogen and oxygen atoms in total. The Bertz CT molecular complexity index is 989. The molecule has 0 saturated heterocycles. The molecule has 3 aromatic rings. The van der Waals surface area contributed by atoms with E-state index in [2.05, 4.69) is 10.3 Å². The van der Waals surface area contributed by atoms with Crippen molar-refractivity contribution in [3.63, 3.8) is 0 Å². The molecular weight excluding hydrogens is 397 g/mol. The van der Waals surface area contributed by atoms with E-state index in [1.807, 2.05) is 24.3 Å². The lowest BCUT2D eigenvalue weighted by Crippen LogP contribution is -2.24. The molecule has 0 saturated carbocycles. The molecule has 1 amide bonds. The molecule has 0 spiro atoms. The van der Waals surface area contributed by atoms with Crippen molar-refractivity contribution in [1.29, 1.82) is 0 Å². The molecule has 0 aliphatic rings. The number of aromatic nitrogens is 1. The van der Waals surface area contributed by atoms with Crippen molar-refractivity contribution in [1.82, 2.24) is 4.98 Å². The number of amides is 1. The molecule has 27 heavy (non-hydrogen) atoms. The van der Waals surface area contributed by atoms with Gasteiger partial charge in [0.05, 0.1) is 22.0 Å². The van der Waals surface area contributed by atoms with Crippen LogP contribution in [0, 0.1) is 0 Å². The smallest absolute Gasteiger partial charge is 0.325 e. The standard InChI is InChI=1S/C19H14ClF3N2OS/c1-11(27-17-8-9-24-15-5-3-2-4-13(15)17)18(26)25-16-7-6-12(20)10-14(16)19(21,22)23/h2-11H,1H3,(H,25,26). The molecule has 0 aliphatic carbocycles. The minimum atomic E-state index is -4.62. The summed E-state index contributed by atoms with van der Waals surface area (Å²) >= 11 is 6.92. The lowest BCUT2D eigenvalue weighted by molar-refractivity contribution is -0.137. The van der Waals surface area contributed by atoms with Crippen LogP contribution in [-0.2, 0) is 11.0 Å². The van der Waals surface area contributed by atoms with E-state index in [1.54, 1.807) is 19.2 Å². The summed E-state index contributed by atoms with van der Waals surface area (Å²) in [7, 11) is 0. The average Bonchev–Trinajstić information content (AvgIpc) is 2.62. The molecule has 1 unspecified atom stereocenters. The van der Waals surface area contributed by atoms with Crippen molar-refractivity contribution in [2.45, 2.75) is 23.2 Å². The van der Waals surface area contributed by atoms with Gasteiger partial charge in [0.15, 0.2) is 0 Å². The second-order valence-corrected chi connectivity index (χ2v) is 7.58. The molecule has 0 fully saturated rings. The van der Waals surface area contributed by atoms with Crippen LogP contribution in [0.1, 0.15) is 12.5 Å². The molecule has 1 N–H and O–H groups in total. The van der Waals surface area contributed by atoms with Crippen LogP contribution in [-0.4, -0.2) is 16.1 Å². The first kappa shape index (κ1) is 19.5. The molecular formula is C19H14ClF3N2OS. The Balaban J connectivity index is 1.81. The summed E-state index contributed by atoms with van der Waals surface area (Å²) in [6.45, 7) is 1.64. The van der Waals surface area contributed by atoms with E-state index in [4.69, 9.17) is 11.6 Å². The van der Waals surface area contributed by atoms with Crippen molar-refractivity contribution >= 4 is 45.9 Å². The van der Waals surface area contributed by atoms with Crippen molar-refractivity contribution < 1.29 is 18.0 Å². The maximum Gasteiger partial charge on any atom is 0.418 e. The number of halogens is 4. The van der Waals surface area contributed by atoms with Crippen LogP contribution in [0.5, 0.6) is 0 Å². The van der Waals surface area contributed by atoms with Gasteiger partial charge in [-0.2, -0.15) is 13.2 Å². The Morgan fingerprint density at radius 2 is 1.93 bits per heavy atom. The number of hydrogen-bond acceptors (Lipinski definition) is 3. The molecule has 1 aromatic heterocycles. The summed E-state index contributed by atoms with van der Waals surface area (Å²) in [5, 5.41) is 2.57. The summed E-state index contributed by atoms with van der Waals surface area (Å²) in [6.07, 6.45) is -2.98. The minimum absolute atomic E-state index is 0.0500. The highest BCUT2D eigenvalue weighted by atomic mass is 35.5. The normalized spacial score (nSPS) is 12.8. The molecule has 0 bridgehead atoms. The van der Waals surface area contributed by atoms with E-state index in [1.165, 1.54) is 17.8 Å². The quantitative estimate of drug-likeness (QED) is 0.534. The number of pyridine rings is 1. The average molecular weight is 411 g/mol. The number of anilines is 1. The van der Waals surface area contributed by atoms with Gasteiger partial charge in [-0.05, 0) is 37.3 Å². The maximum absolute atomic E-state index is 13.2. The fraction of sp³-hybridized carbons (Fsp3) is 0.158. The second-order valence-electron chi connectivity index (χ2n) is 5.76. The monoisotopic (exact) mass is 410 g/mol. The van der Waals surface area contributed by atoms with Gasteiger partial charge < -0.3 is 5.32 Å². The van der Waals surface area contributed by atoms with Gasteiger partial charge in [-0.3, -0.25) is 9.78 Å². The number of nitrogens with zero attached hydrogens (tertiary/aromatic N) is 1. The van der Waals surface area contributed by atoms with Gasteiger partial charge in [0.2, 0.25) is 5.91 Å². The van der Waals surface area contributed by atoms with Crippen molar-refractivity contribution in [2.24, 2.45) is 0 Å². The van der Waals surface area contributed by atoms with Crippen molar-refractivity contribution in [3.05, 3.63) is 65.3 Å². The summed E-state index contributed by atoms with van der Waals surface area (Å²) in [5.41, 5.74) is -0.508. The summed E-state index contributed by atoms with van der Waals surface area (Å²) < 4.78 is 39.5. The summed E-state index contributed by atoms with van der Waals surface area (Å²) in [6, 6.07) is 12.5. The number of thioether (sulfide) groups is 1. The van der Waals surface area contributed by atoms with Crippen LogP contribution in [0.25, 0.3) is 10.9 Å². The number of hydrogen-bond donors (Lipinski definition) is 1. The molecule has 1 atom stereocenters. The fourth-order valence-corrected chi connectivity index (χ4v) is 3.67. The molecule has 1 heterocycles. The van der Waals surface area contributed by atoms with Gasteiger partial charge in [-0.25, -0.2) is 0 Å². The Kier molecular flexibility index (Phi) is 5.62. The maximum atomic E-state index is 13.2. The topological polar surface area (TPSA) is 42.0 Å². The summed E-state index contributed by atoms with van der Waals surface area (Å²) in [5.74, 6) is -0.534. The second kappa shape index (κ2) is 7.78. The Labute approximate surface area is 162 Å². The molecule has 8 heteroatoms. The van der Waals surface area contributed by atoms with Crippen LogP contribution >= 0.6 is 23.4 Å². The Morgan fingerprint density at radius 1 is 1.19 bits per heavy atom. The van der Waals surface area contributed by atoms with Gasteiger partial charge in [0.25, 0.3) is 0 Å². The SMILES string of the molecule is CC(Sc1ccnc2ccccc12)C(=O)Nc1ccc(Cl)cc1C(F)(F)F. The van der Waals surface area contributed by atoms with E-state index in [0.29, 0.717) is 0 Å². The van der Waals surface area contributed by atoms with Gasteiger partial charge in [0.1, 0.15) is 0 Å². The number of alkyl halides is 3. The largest absolute Gasteiger partial charge is 0.418 e. The third kappa shape index (κ3) is 4.54. The van der Waals surface area contributed by atoms with E-state index in [9.17, 15) is 18.0 Å². The van der Waals surface area contributed by atoms with E-state index >= 15 is 0 Å². The number of nitrogens with one attached hydrogen (secondary N) is 1. The molecule has 0 radical (unpaired) electrons. The van der Waals surface area contributed by atoms with Crippen molar-refractivity contribution in [3.8, 4) is 0 Å². The number of benzene rings is 2. The highest BCUT2D eigenvalue weighted by Gasteiger charge is 2.34. The van der Waals surface area contributed by atoms with Gasteiger partial charge in [-0.1, -0.05) is 29.8 Å². The van der Waals surface area contributed by atoms with Crippen molar-refractivity contribution in [2.75, 3.05) is 5.32 Å². The lowest BCUT2D eigenvalue weighted by Gasteiger charge is -2.17. The Hall–Kier alpha value is -2.25. The summed E-state index contributed by atoms with van der Waals surface area (Å²) in [4.78, 5) is 17.6. The van der Waals surface area contributed by atoms with Crippen LogP contribution in [0.3, 0.4) is 0 Å². The number of para-hydroxylation sites is 1. The predicted octanol–water partition coefficient (Wildman–Crippen LogP) is 6.03. The molecule has 0 aliphatic heterocycles. The number of rotatable bonds is 4. The molecule has 3 rings (SSSR count). The van der Waals surface area contributed by atoms with Gasteiger partial charge >= 0.3 is 6.18 Å². The van der Waals surface area contributed by atoms with Crippen LogP contribution < -0.4 is 5.32 Å². The predicted molar refractivity (Wildman–Crippen MR) is 102 cm³/mol. The first-order valence-electron chi connectivity index (χ1n) is 7.94. The minimum Gasteiger partial charge on any atom is -0.325 e. The highest BCUT2D eigenvalue weighted by Crippen LogP contribution is 2.37. The third-order valence-electron chi connectivity index (χ3n) is 3.83. The lowest BCUT2D eigenvalue weighted by atomic mass is 10.1. The van der Waals surface area contributed by atoms with Crippen LogP contribution in [0.15, 0.2) is 59.6 Å². The number of fused-ring (bicyclic) bond motifs is 1. The molecule has 2 aromatic carbocycles. The number of carbonyl (C=O) groups excluding carboxylic acids is 1. The van der Waals surface area contributed by atoms with E-state index < -0.39 is 22.9 Å². The van der Waals surface area contributed by atoms with E-state index in [-0.39, 0.29) is 10.7 Å². The zero-order chi connectivity index (χ0) is 19.6.